The summed E-state index contributed by atoms with van der Waals surface area (Å²) in [6, 6.07) is -0.150. The molecule has 2 atom stereocenters. The lowest BCUT2D eigenvalue weighted by Crippen LogP contribution is -2.69. The van der Waals surface area contributed by atoms with Crippen molar-refractivity contribution in [3.63, 3.8) is 0 Å². The van der Waals surface area contributed by atoms with Crippen LogP contribution in [0, 0.1) is 5.92 Å². The molecule has 6 heteroatoms. The van der Waals surface area contributed by atoms with Gasteiger partial charge in [-0.25, -0.2) is 0 Å². The van der Waals surface area contributed by atoms with Crippen molar-refractivity contribution in [3.05, 3.63) is 0 Å². The van der Waals surface area contributed by atoms with Crippen LogP contribution in [-0.4, -0.2) is 56.6 Å². The largest absolute Gasteiger partial charge is 0.462 e. The van der Waals surface area contributed by atoms with Crippen molar-refractivity contribution in [3.8, 4) is 0 Å². The monoisotopic (exact) mass is 261 g/mol. The van der Waals surface area contributed by atoms with Gasteiger partial charge in [0, 0.05) is 6.04 Å². The van der Waals surface area contributed by atoms with Crippen molar-refractivity contribution < 1.29 is 14.6 Å². The zero-order chi connectivity index (χ0) is 14.3. The predicted molar refractivity (Wildman–Crippen MR) is 71.2 cm³/mol. The maximum atomic E-state index is 11.5. The Hall–Kier alpha value is -0.690. The molecular formula is C12H27N3O3. The van der Waals surface area contributed by atoms with Crippen molar-refractivity contribution in [2.45, 2.75) is 38.6 Å². The molecule has 0 amide bonds. The fraction of sp³-hybridized carbons (Fsp3) is 0.917. The number of rotatable bonds is 8. The van der Waals surface area contributed by atoms with Crippen LogP contribution in [-0.2, 0) is 9.53 Å². The second-order valence-electron chi connectivity index (χ2n) is 4.76. The van der Waals surface area contributed by atoms with Gasteiger partial charge in [0.15, 0.2) is 0 Å². The minimum atomic E-state index is -0.868. The first-order valence-electron chi connectivity index (χ1n) is 6.24. The van der Waals surface area contributed by atoms with E-state index in [1.54, 1.807) is 35.0 Å². The number of carbonyl (C=O) groups is 1. The molecule has 6 nitrogen and oxygen atoms in total. The normalized spacial score (nSPS) is 15.6. The Kier molecular flexibility index (Phi) is 7.39. The molecule has 0 bridgehead atoms. The van der Waals surface area contributed by atoms with Crippen LogP contribution in [0.3, 0.4) is 0 Å². The van der Waals surface area contributed by atoms with Gasteiger partial charge in [-0.05, 0) is 28.1 Å². The van der Waals surface area contributed by atoms with Crippen molar-refractivity contribution in [1.29, 1.82) is 0 Å². The van der Waals surface area contributed by atoms with Gasteiger partial charge in [0.2, 0.25) is 0 Å². The van der Waals surface area contributed by atoms with Crippen LogP contribution >= 0.6 is 0 Å². The Bertz CT molecular complexity index is 255. The van der Waals surface area contributed by atoms with Crippen molar-refractivity contribution in [2.75, 3.05) is 27.7 Å². The minimum absolute atomic E-state index is 0.0597. The summed E-state index contributed by atoms with van der Waals surface area (Å²) in [5, 5.41) is 19.3. The maximum absolute atomic E-state index is 11.5. The molecular weight excluding hydrogens is 234 g/mol. The highest BCUT2D eigenvalue weighted by atomic mass is 16.5. The summed E-state index contributed by atoms with van der Waals surface area (Å²) < 4.78 is 5.21. The Morgan fingerprint density at radius 3 is 2.06 bits per heavy atom. The molecule has 0 radical (unpaired) electrons. The topological polar surface area (TPSA) is 82.6 Å². The van der Waals surface area contributed by atoms with E-state index in [-0.39, 0.29) is 24.5 Å². The standard InChI is InChI=1S/C12H27N3O3/c1-8(2)11(17)18-7-12(14-5,15-6)10(16)9(3)13-4/h8-10,13-16H,7H2,1-6H3. The average molecular weight is 261 g/mol. The highest BCUT2D eigenvalue weighted by Crippen LogP contribution is 2.12. The summed E-state index contributed by atoms with van der Waals surface area (Å²) in [7, 11) is 5.20. The Morgan fingerprint density at radius 1 is 1.22 bits per heavy atom. The van der Waals surface area contributed by atoms with E-state index in [1.165, 1.54) is 0 Å². The second-order valence-corrected chi connectivity index (χ2v) is 4.76. The van der Waals surface area contributed by atoms with Gasteiger partial charge in [-0.3, -0.25) is 15.4 Å². The van der Waals surface area contributed by atoms with E-state index in [0.717, 1.165) is 0 Å². The van der Waals surface area contributed by atoms with Gasteiger partial charge in [-0.2, -0.15) is 0 Å². The molecule has 18 heavy (non-hydrogen) atoms. The lowest BCUT2D eigenvalue weighted by Gasteiger charge is -2.39. The first kappa shape index (κ1) is 17.3. The number of hydrogen-bond acceptors (Lipinski definition) is 6. The number of esters is 1. The maximum Gasteiger partial charge on any atom is 0.308 e. The van der Waals surface area contributed by atoms with E-state index in [9.17, 15) is 9.90 Å². The van der Waals surface area contributed by atoms with Crippen molar-refractivity contribution >= 4 is 5.97 Å². The predicted octanol–water partition coefficient (Wildman–Crippen LogP) is -0.710. The number of likely N-dealkylation sites (N-methyl/N-ethyl adjacent to an activating group) is 3. The van der Waals surface area contributed by atoms with E-state index >= 15 is 0 Å². The molecule has 0 saturated heterocycles. The van der Waals surface area contributed by atoms with Crippen LogP contribution in [0.5, 0.6) is 0 Å². The highest BCUT2D eigenvalue weighted by Gasteiger charge is 2.39. The van der Waals surface area contributed by atoms with Crippen LogP contribution in [0.25, 0.3) is 0 Å². The molecule has 108 valence electrons. The van der Waals surface area contributed by atoms with Gasteiger partial charge in [0.1, 0.15) is 18.4 Å². The highest BCUT2D eigenvalue weighted by molar-refractivity contribution is 5.71. The zero-order valence-corrected chi connectivity index (χ0v) is 12.2. The summed E-state index contributed by atoms with van der Waals surface area (Å²) >= 11 is 0. The van der Waals surface area contributed by atoms with Crippen LogP contribution < -0.4 is 16.0 Å². The van der Waals surface area contributed by atoms with Crippen molar-refractivity contribution in [2.24, 2.45) is 5.92 Å². The lowest BCUT2D eigenvalue weighted by molar-refractivity contribution is -0.152. The molecule has 0 aromatic rings. The molecule has 0 spiro atoms. The summed E-state index contributed by atoms with van der Waals surface area (Å²) in [5.74, 6) is -0.468. The summed E-state index contributed by atoms with van der Waals surface area (Å²) in [4.78, 5) is 11.5. The molecule has 2 unspecified atom stereocenters. The van der Waals surface area contributed by atoms with E-state index in [1.807, 2.05) is 6.92 Å². The van der Waals surface area contributed by atoms with Gasteiger partial charge >= 0.3 is 5.97 Å². The first-order chi connectivity index (χ1) is 8.34. The molecule has 0 aliphatic heterocycles. The third kappa shape index (κ3) is 4.20. The van der Waals surface area contributed by atoms with E-state index in [0.29, 0.717) is 0 Å². The van der Waals surface area contributed by atoms with Gasteiger partial charge in [0.05, 0.1) is 5.92 Å². The number of aliphatic hydroxyl groups is 1. The minimum Gasteiger partial charge on any atom is -0.462 e. The first-order valence-corrected chi connectivity index (χ1v) is 6.24. The van der Waals surface area contributed by atoms with Gasteiger partial charge < -0.3 is 15.2 Å². The third-order valence-corrected chi connectivity index (χ3v) is 3.24. The Balaban J connectivity index is 4.76. The fourth-order valence-corrected chi connectivity index (χ4v) is 1.59. The fourth-order valence-electron chi connectivity index (χ4n) is 1.59. The second kappa shape index (κ2) is 7.68. The molecule has 0 rings (SSSR count). The van der Waals surface area contributed by atoms with Crippen LogP contribution in [0.4, 0.5) is 0 Å². The molecule has 0 heterocycles. The number of carbonyl (C=O) groups excluding carboxylic acids is 1. The summed E-state index contributed by atoms with van der Waals surface area (Å²) in [6.07, 6.45) is -0.752. The Labute approximate surface area is 109 Å². The van der Waals surface area contributed by atoms with Crippen molar-refractivity contribution in [1.82, 2.24) is 16.0 Å². The number of ether oxygens (including phenoxy) is 1. The molecule has 0 aromatic carbocycles. The van der Waals surface area contributed by atoms with Gasteiger partial charge in [0.25, 0.3) is 0 Å². The lowest BCUT2D eigenvalue weighted by atomic mass is 9.98. The summed E-state index contributed by atoms with van der Waals surface area (Å²) in [6.45, 7) is 5.47. The van der Waals surface area contributed by atoms with Gasteiger partial charge in [-0.15, -0.1) is 0 Å². The third-order valence-electron chi connectivity index (χ3n) is 3.24. The molecule has 0 aliphatic carbocycles. The van der Waals surface area contributed by atoms with Gasteiger partial charge in [-0.1, -0.05) is 13.8 Å². The van der Waals surface area contributed by atoms with Crippen LogP contribution in [0.2, 0.25) is 0 Å². The molecule has 0 aromatic heterocycles. The number of nitrogens with one attached hydrogen (secondary N) is 3. The average Bonchev–Trinajstić information content (AvgIpc) is 2.38. The van der Waals surface area contributed by atoms with E-state index < -0.39 is 11.8 Å². The summed E-state index contributed by atoms with van der Waals surface area (Å²) in [5.41, 5.74) is -0.868. The SMILES string of the molecule is CNC(C)C(O)C(COC(=O)C(C)C)(NC)NC. The van der Waals surface area contributed by atoms with Crippen LogP contribution in [0.1, 0.15) is 20.8 Å². The molecule has 0 aliphatic rings. The van der Waals surface area contributed by atoms with E-state index in [2.05, 4.69) is 16.0 Å². The smallest absolute Gasteiger partial charge is 0.308 e. The quantitative estimate of drug-likeness (QED) is 0.341. The number of aliphatic hydroxyl groups excluding tert-OH is 1. The Morgan fingerprint density at radius 2 is 1.72 bits per heavy atom. The molecule has 4 N–H and O–H groups in total. The molecule has 0 fully saturated rings. The van der Waals surface area contributed by atoms with Crippen LogP contribution in [0.15, 0.2) is 0 Å². The zero-order valence-electron chi connectivity index (χ0n) is 12.2. The van der Waals surface area contributed by atoms with E-state index in [4.69, 9.17) is 4.74 Å². The molecule has 0 saturated carbocycles. The number of hydrogen-bond donors (Lipinski definition) is 4.